The molecule has 2 rings (SSSR count). The van der Waals surface area contributed by atoms with Crippen LogP contribution in [0.25, 0.3) is 0 Å². The van der Waals surface area contributed by atoms with Gasteiger partial charge < -0.3 is 9.73 Å². The van der Waals surface area contributed by atoms with E-state index in [4.69, 9.17) is 4.42 Å². The van der Waals surface area contributed by atoms with Crippen LogP contribution in [-0.2, 0) is 16.6 Å². The Kier molecular flexibility index (Phi) is 5.46. The van der Waals surface area contributed by atoms with Crippen LogP contribution in [0.15, 0.2) is 21.6 Å². The SMILES string of the molecule is CCC1CCCN(S(=O)(=O)c2ccc(CNC(C)C)o2)C1. The first kappa shape index (κ1) is 16.5. The fraction of sp³-hybridized carbons (Fsp3) is 0.733. The van der Waals surface area contributed by atoms with Crippen LogP contribution < -0.4 is 5.32 Å². The topological polar surface area (TPSA) is 62.6 Å². The second-order valence-corrected chi connectivity index (χ2v) is 7.90. The van der Waals surface area contributed by atoms with Gasteiger partial charge in [-0.15, -0.1) is 0 Å². The summed E-state index contributed by atoms with van der Waals surface area (Å²) in [5.41, 5.74) is 0. The van der Waals surface area contributed by atoms with Crippen LogP contribution in [0.4, 0.5) is 0 Å². The first-order valence-electron chi connectivity index (χ1n) is 7.75. The lowest BCUT2D eigenvalue weighted by atomic mass is 9.97. The number of furan rings is 1. The molecule has 0 bridgehead atoms. The number of sulfonamides is 1. The van der Waals surface area contributed by atoms with Crippen molar-refractivity contribution in [2.24, 2.45) is 5.92 Å². The van der Waals surface area contributed by atoms with E-state index < -0.39 is 10.0 Å². The molecule has 1 aromatic rings. The number of piperidine rings is 1. The molecule has 1 aromatic heterocycles. The first-order chi connectivity index (χ1) is 9.93. The smallest absolute Gasteiger partial charge is 0.276 e. The predicted molar refractivity (Wildman–Crippen MR) is 82.5 cm³/mol. The lowest BCUT2D eigenvalue weighted by molar-refractivity contribution is 0.255. The van der Waals surface area contributed by atoms with Crippen molar-refractivity contribution in [1.82, 2.24) is 9.62 Å². The Bertz CT molecular complexity index is 551. The number of nitrogens with zero attached hydrogens (tertiary/aromatic N) is 1. The third-order valence-corrected chi connectivity index (χ3v) is 5.71. The number of rotatable bonds is 6. The summed E-state index contributed by atoms with van der Waals surface area (Å²) >= 11 is 0. The summed E-state index contributed by atoms with van der Waals surface area (Å²) in [6.45, 7) is 7.95. The molecule has 5 nitrogen and oxygen atoms in total. The van der Waals surface area contributed by atoms with Crippen LogP contribution in [0.1, 0.15) is 45.8 Å². The van der Waals surface area contributed by atoms with Gasteiger partial charge in [-0.3, -0.25) is 0 Å². The summed E-state index contributed by atoms with van der Waals surface area (Å²) in [5, 5.41) is 3.29. The summed E-state index contributed by atoms with van der Waals surface area (Å²) < 4.78 is 32.3. The van der Waals surface area contributed by atoms with Gasteiger partial charge in [0.25, 0.3) is 10.0 Å². The highest BCUT2D eigenvalue weighted by atomic mass is 32.2. The fourth-order valence-electron chi connectivity index (χ4n) is 2.60. The van der Waals surface area contributed by atoms with Gasteiger partial charge in [0.05, 0.1) is 6.54 Å². The van der Waals surface area contributed by atoms with Crippen molar-refractivity contribution >= 4 is 10.0 Å². The van der Waals surface area contributed by atoms with Gasteiger partial charge in [-0.2, -0.15) is 4.31 Å². The minimum atomic E-state index is -3.48. The van der Waals surface area contributed by atoms with Crippen LogP contribution in [0.2, 0.25) is 0 Å². The molecule has 1 aliphatic rings. The summed E-state index contributed by atoms with van der Waals surface area (Å²) in [4.78, 5) is 0. The zero-order chi connectivity index (χ0) is 15.5. The van der Waals surface area contributed by atoms with Gasteiger partial charge in [0.2, 0.25) is 5.09 Å². The molecule has 1 saturated heterocycles. The molecule has 1 unspecified atom stereocenters. The highest BCUT2D eigenvalue weighted by molar-refractivity contribution is 7.89. The molecular formula is C15H26N2O3S. The highest BCUT2D eigenvalue weighted by Crippen LogP contribution is 2.26. The fourth-order valence-corrected chi connectivity index (χ4v) is 4.09. The second kappa shape index (κ2) is 6.94. The van der Waals surface area contributed by atoms with E-state index in [-0.39, 0.29) is 5.09 Å². The van der Waals surface area contributed by atoms with Gasteiger partial charge in [0.1, 0.15) is 5.76 Å². The van der Waals surface area contributed by atoms with E-state index in [0.29, 0.717) is 37.4 Å². The average Bonchev–Trinajstić information content (AvgIpc) is 2.95. The van der Waals surface area contributed by atoms with Gasteiger partial charge in [-0.05, 0) is 30.9 Å². The van der Waals surface area contributed by atoms with Crippen LogP contribution in [0.3, 0.4) is 0 Å². The molecule has 0 amide bonds. The van der Waals surface area contributed by atoms with Crippen LogP contribution in [-0.4, -0.2) is 31.9 Å². The number of hydrogen-bond acceptors (Lipinski definition) is 4. The van der Waals surface area contributed by atoms with Crippen molar-refractivity contribution in [2.45, 2.75) is 57.7 Å². The van der Waals surface area contributed by atoms with Crippen molar-refractivity contribution < 1.29 is 12.8 Å². The van der Waals surface area contributed by atoms with E-state index in [0.717, 1.165) is 19.3 Å². The highest BCUT2D eigenvalue weighted by Gasteiger charge is 2.31. The molecule has 0 aliphatic carbocycles. The van der Waals surface area contributed by atoms with Crippen molar-refractivity contribution in [3.05, 3.63) is 17.9 Å². The van der Waals surface area contributed by atoms with E-state index in [2.05, 4.69) is 12.2 Å². The lowest BCUT2D eigenvalue weighted by Crippen LogP contribution is -2.39. The van der Waals surface area contributed by atoms with Gasteiger partial charge >= 0.3 is 0 Å². The van der Waals surface area contributed by atoms with Crippen molar-refractivity contribution in [3.8, 4) is 0 Å². The number of hydrogen-bond donors (Lipinski definition) is 1. The maximum absolute atomic E-state index is 12.6. The molecule has 120 valence electrons. The van der Waals surface area contributed by atoms with E-state index >= 15 is 0 Å². The van der Waals surface area contributed by atoms with Crippen molar-refractivity contribution in [3.63, 3.8) is 0 Å². The molecule has 1 aliphatic heterocycles. The predicted octanol–water partition coefficient (Wildman–Crippen LogP) is 2.59. The lowest BCUT2D eigenvalue weighted by Gasteiger charge is -2.30. The zero-order valence-corrected chi connectivity index (χ0v) is 13.9. The molecule has 6 heteroatoms. The zero-order valence-electron chi connectivity index (χ0n) is 13.1. The van der Waals surface area contributed by atoms with E-state index in [1.807, 2.05) is 13.8 Å². The maximum atomic E-state index is 12.6. The Morgan fingerprint density at radius 1 is 1.43 bits per heavy atom. The summed E-state index contributed by atoms with van der Waals surface area (Å²) in [6.07, 6.45) is 3.07. The van der Waals surface area contributed by atoms with E-state index in [9.17, 15) is 8.42 Å². The first-order valence-corrected chi connectivity index (χ1v) is 9.19. The van der Waals surface area contributed by atoms with Crippen molar-refractivity contribution in [2.75, 3.05) is 13.1 Å². The van der Waals surface area contributed by atoms with Crippen LogP contribution >= 0.6 is 0 Å². The Hall–Kier alpha value is -0.850. The molecule has 0 aromatic carbocycles. The van der Waals surface area contributed by atoms with Gasteiger partial charge in [0, 0.05) is 19.1 Å². The summed E-state index contributed by atoms with van der Waals surface area (Å²) in [6, 6.07) is 3.65. The minimum Gasteiger partial charge on any atom is -0.447 e. The largest absolute Gasteiger partial charge is 0.447 e. The van der Waals surface area contributed by atoms with Crippen LogP contribution in [0.5, 0.6) is 0 Å². The Labute approximate surface area is 127 Å². The quantitative estimate of drug-likeness (QED) is 0.876. The molecule has 1 N–H and O–H groups in total. The normalized spacial score (nSPS) is 21.0. The Morgan fingerprint density at radius 3 is 2.86 bits per heavy atom. The van der Waals surface area contributed by atoms with Crippen LogP contribution in [0, 0.1) is 5.92 Å². The molecule has 0 saturated carbocycles. The Balaban J connectivity index is 2.08. The summed E-state index contributed by atoms with van der Waals surface area (Å²) in [7, 11) is -3.48. The molecule has 0 spiro atoms. The van der Waals surface area contributed by atoms with Gasteiger partial charge in [-0.25, -0.2) is 8.42 Å². The molecular weight excluding hydrogens is 288 g/mol. The van der Waals surface area contributed by atoms with Gasteiger partial charge in [0.15, 0.2) is 0 Å². The van der Waals surface area contributed by atoms with E-state index in [1.165, 1.54) is 0 Å². The van der Waals surface area contributed by atoms with E-state index in [1.54, 1.807) is 16.4 Å². The molecule has 2 heterocycles. The molecule has 0 radical (unpaired) electrons. The molecule has 21 heavy (non-hydrogen) atoms. The third kappa shape index (κ3) is 4.08. The monoisotopic (exact) mass is 314 g/mol. The Morgan fingerprint density at radius 2 is 2.19 bits per heavy atom. The summed E-state index contributed by atoms with van der Waals surface area (Å²) in [5.74, 6) is 1.12. The van der Waals surface area contributed by atoms with Crippen molar-refractivity contribution in [1.29, 1.82) is 0 Å². The molecule has 1 fully saturated rings. The number of nitrogens with one attached hydrogen (secondary N) is 1. The second-order valence-electron chi connectivity index (χ2n) is 6.04. The average molecular weight is 314 g/mol. The minimum absolute atomic E-state index is 0.0693. The standard InChI is InChI=1S/C15H26N2O3S/c1-4-13-6-5-9-17(11-13)21(18,19)15-8-7-14(20-15)10-16-12(2)3/h7-8,12-13,16H,4-6,9-11H2,1-3H3. The third-order valence-electron chi connectivity index (χ3n) is 3.97. The van der Waals surface area contributed by atoms with Gasteiger partial charge in [-0.1, -0.05) is 27.2 Å². The molecule has 1 atom stereocenters. The maximum Gasteiger partial charge on any atom is 0.276 e.